The van der Waals surface area contributed by atoms with Crippen molar-refractivity contribution < 1.29 is 8.42 Å². The van der Waals surface area contributed by atoms with Crippen LogP contribution >= 0.6 is 23.6 Å². The minimum atomic E-state index is -1.21. The van der Waals surface area contributed by atoms with Gasteiger partial charge in [-0.2, -0.15) is 0 Å². The van der Waals surface area contributed by atoms with Crippen molar-refractivity contribution in [1.29, 1.82) is 0 Å². The zero-order valence-corrected chi connectivity index (χ0v) is 24.7. The highest BCUT2D eigenvalue weighted by molar-refractivity contribution is 7.82. The Bertz CT molecular complexity index is 1520. The molecule has 200 valence electrons. The smallest absolute Gasteiger partial charge is 0.104 e. The third-order valence-corrected chi connectivity index (χ3v) is 10.1. The number of rotatable bonds is 9. The summed E-state index contributed by atoms with van der Waals surface area (Å²) in [6.07, 6.45) is 5.83. The highest BCUT2D eigenvalue weighted by Gasteiger charge is 2.24. The quantitative estimate of drug-likeness (QED) is 0.280. The SMILES string of the molecule is Cc1nc(CS(=O)NCc2ccc3c(-c4cccc(C(N)=S)c4)cn(C4CCN(S(C)=O)CC4)c3c2)cs1. The Morgan fingerprint density at radius 2 is 2.00 bits per heavy atom. The van der Waals surface area contributed by atoms with E-state index in [1.807, 2.05) is 34.8 Å². The predicted octanol–water partition coefficient (Wildman–Crippen LogP) is 4.59. The van der Waals surface area contributed by atoms with Crippen LogP contribution in [0.2, 0.25) is 0 Å². The lowest BCUT2D eigenvalue weighted by Crippen LogP contribution is -2.35. The molecule has 1 fully saturated rings. The predicted molar refractivity (Wildman–Crippen MR) is 163 cm³/mol. The van der Waals surface area contributed by atoms with Gasteiger partial charge in [0.05, 0.1) is 38.4 Å². The van der Waals surface area contributed by atoms with Crippen LogP contribution in [-0.4, -0.2) is 46.6 Å². The van der Waals surface area contributed by atoms with Crippen molar-refractivity contribution in [3.63, 3.8) is 0 Å². The largest absolute Gasteiger partial charge is 0.389 e. The minimum Gasteiger partial charge on any atom is -0.389 e. The summed E-state index contributed by atoms with van der Waals surface area (Å²) in [6.45, 7) is 4.05. The summed E-state index contributed by atoms with van der Waals surface area (Å²) in [5, 5.41) is 4.09. The van der Waals surface area contributed by atoms with E-state index in [1.165, 1.54) is 0 Å². The number of nitrogens with two attached hydrogens (primary N) is 1. The summed E-state index contributed by atoms with van der Waals surface area (Å²) in [5.74, 6) is 0.393. The molecule has 2 aromatic heterocycles. The first-order valence-corrected chi connectivity index (χ1v) is 16.6. The number of aromatic nitrogens is 2. The van der Waals surface area contributed by atoms with E-state index in [4.69, 9.17) is 18.0 Å². The van der Waals surface area contributed by atoms with Gasteiger partial charge in [0.1, 0.15) is 4.99 Å². The fourth-order valence-electron chi connectivity index (χ4n) is 4.98. The monoisotopic (exact) mass is 585 g/mol. The number of nitrogens with zero attached hydrogens (tertiary/aromatic N) is 3. The van der Waals surface area contributed by atoms with Gasteiger partial charge in [-0.05, 0) is 43.0 Å². The van der Waals surface area contributed by atoms with Gasteiger partial charge in [0, 0.05) is 65.5 Å². The van der Waals surface area contributed by atoms with E-state index >= 15 is 0 Å². The van der Waals surface area contributed by atoms with Crippen LogP contribution in [0.4, 0.5) is 0 Å². The summed E-state index contributed by atoms with van der Waals surface area (Å²) in [5.41, 5.74) is 12.0. The minimum absolute atomic E-state index is 0.301. The van der Waals surface area contributed by atoms with Crippen LogP contribution in [0.1, 0.15) is 40.7 Å². The first-order valence-electron chi connectivity index (χ1n) is 12.4. The second-order valence-electron chi connectivity index (χ2n) is 9.50. The number of aryl methyl sites for hydroxylation is 1. The molecule has 4 aromatic rings. The molecule has 2 aromatic carbocycles. The van der Waals surface area contributed by atoms with Crippen LogP contribution < -0.4 is 10.5 Å². The fourth-order valence-corrected chi connectivity index (χ4v) is 7.40. The maximum Gasteiger partial charge on any atom is 0.104 e. The number of piperidine rings is 1. The molecular weight excluding hydrogens is 555 g/mol. The Hall–Kier alpha value is -2.28. The van der Waals surface area contributed by atoms with Gasteiger partial charge in [-0.1, -0.05) is 42.5 Å². The number of hydrogen-bond donors (Lipinski definition) is 2. The van der Waals surface area contributed by atoms with Crippen LogP contribution in [0.15, 0.2) is 54.0 Å². The van der Waals surface area contributed by atoms with Gasteiger partial charge in [0.2, 0.25) is 0 Å². The van der Waals surface area contributed by atoms with Gasteiger partial charge in [0.15, 0.2) is 0 Å². The first-order chi connectivity index (χ1) is 18.3. The Morgan fingerprint density at radius 1 is 1.21 bits per heavy atom. The Labute approximate surface area is 237 Å². The van der Waals surface area contributed by atoms with E-state index in [0.717, 1.165) is 69.8 Å². The van der Waals surface area contributed by atoms with Gasteiger partial charge < -0.3 is 10.3 Å². The molecule has 7 nitrogen and oxygen atoms in total. The van der Waals surface area contributed by atoms with Crippen molar-refractivity contribution in [1.82, 2.24) is 18.6 Å². The summed E-state index contributed by atoms with van der Waals surface area (Å²) in [7, 11) is -2.16. The van der Waals surface area contributed by atoms with Crippen molar-refractivity contribution in [2.75, 3.05) is 19.3 Å². The molecule has 5 rings (SSSR count). The second kappa shape index (κ2) is 11.8. The molecule has 1 saturated heterocycles. The molecule has 0 bridgehead atoms. The van der Waals surface area contributed by atoms with Crippen molar-refractivity contribution in [3.05, 3.63) is 75.9 Å². The normalized spacial score (nSPS) is 16.6. The van der Waals surface area contributed by atoms with Gasteiger partial charge in [0.25, 0.3) is 0 Å². The molecule has 38 heavy (non-hydrogen) atoms. The highest BCUT2D eigenvalue weighted by atomic mass is 32.2. The topological polar surface area (TPSA) is 93.2 Å². The van der Waals surface area contributed by atoms with Crippen LogP contribution in [0.5, 0.6) is 0 Å². The third kappa shape index (κ3) is 6.13. The molecule has 1 aliphatic rings. The molecule has 3 heterocycles. The average molecular weight is 586 g/mol. The Morgan fingerprint density at radius 3 is 2.68 bits per heavy atom. The Balaban J connectivity index is 1.45. The van der Waals surface area contributed by atoms with Crippen LogP contribution in [0.3, 0.4) is 0 Å². The van der Waals surface area contributed by atoms with E-state index in [-0.39, 0.29) is 0 Å². The molecule has 0 spiro atoms. The number of nitrogens with one attached hydrogen (secondary N) is 1. The zero-order valence-electron chi connectivity index (χ0n) is 21.4. The fraction of sp³-hybridized carbons (Fsp3) is 0.333. The van der Waals surface area contributed by atoms with Crippen LogP contribution in [0, 0.1) is 6.92 Å². The summed E-state index contributed by atoms with van der Waals surface area (Å²) in [6, 6.07) is 14.8. The maximum absolute atomic E-state index is 12.6. The first kappa shape index (κ1) is 27.3. The second-order valence-corrected chi connectivity index (χ2v) is 13.6. The number of fused-ring (bicyclic) bond motifs is 1. The Kier molecular flexibility index (Phi) is 8.51. The van der Waals surface area contributed by atoms with Crippen molar-refractivity contribution in [2.45, 2.75) is 38.1 Å². The molecule has 2 unspecified atom stereocenters. The third-order valence-electron chi connectivity index (χ3n) is 6.92. The number of thiocarbonyl (C=S) groups is 1. The van der Waals surface area contributed by atoms with Crippen LogP contribution in [-0.2, 0) is 34.3 Å². The average Bonchev–Trinajstić information content (AvgIpc) is 3.50. The molecule has 0 radical (unpaired) electrons. The van der Waals surface area contributed by atoms with Crippen LogP contribution in [0.25, 0.3) is 22.0 Å². The lowest BCUT2D eigenvalue weighted by Gasteiger charge is -2.31. The molecular formula is C27H31N5O2S4. The van der Waals surface area contributed by atoms with Gasteiger partial charge in [-0.3, -0.25) is 0 Å². The molecule has 3 N–H and O–H groups in total. The van der Waals surface area contributed by atoms with Gasteiger partial charge in [-0.25, -0.2) is 22.4 Å². The summed E-state index contributed by atoms with van der Waals surface area (Å²) in [4.78, 5) is 4.80. The summed E-state index contributed by atoms with van der Waals surface area (Å²) < 4.78 is 32.2. The lowest BCUT2D eigenvalue weighted by atomic mass is 10.0. The van der Waals surface area contributed by atoms with Gasteiger partial charge in [-0.15, -0.1) is 11.3 Å². The van der Waals surface area contributed by atoms with E-state index in [1.54, 1.807) is 17.6 Å². The number of hydrogen-bond acceptors (Lipinski definition) is 5. The number of benzene rings is 2. The van der Waals surface area contributed by atoms with Crippen molar-refractivity contribution >= 4 is 61.4 Å². The van der Waals surface area contributed by atoms with E-state index in [2.05, 4.69) is 44.7 Å². The molecule has 0 saturated carbocycles. The summed E-state index contributed by atoms with van der Waals surface area (Å²) >= 11 is 6.80. The molecule has 11 heteroatoms. The molecule has 0 amide bonds. The van der Waals surface area contributed by atoms with E-state index in [0.29, 0.717) is 23.3 Å². The molecule has 0 aliphatic carbocycles. The molecule has 1 aliphatic heterocycles. The standard InChI is InChI=1S/C27H31N5O2S4/c1-18-30-22(16-36-18)17-38(34)29-14-19-6-7-24-25(20-4-3-5-21(13-20)27(28)35)15-32(26(24)12-19)23-8-10-31(11-9-23)37(2)33/h3-7,12-13,15-16,23,29H,8-11,14,17H2,1-2H3,(H2,28,35). The van der Waals surface area contributed by atoms with Crippen molar-refractivity contribution in [2.24, 2.45) is 5.73 Å². The zero-order chi connectivity index (χ0) is 26.8. The van der Waals surface area contributed by atoms with E-state index < -0.39 is 22.0 Å². The van der Waals surface area contributed by atoms with Crippen molar-refractivity contribution in [3.8, 4) is 11.1 Å². The highest BCUT2D eigenvalue weighted by Crippen LogP contribution is 2.36. The lowest BCUT2D eigenvalue weighted by molar-refractivity contribution is 0.288. The number of thiazole rings is 1. The van der Waals surface area contributed by atoms with E-state index in [9.17, 15) is 8.42 Å². The van der Waals surface area contributed by atoms with Gasteiger partial charge >= 0.3 is 0 Å². The molecule has 2 atom stereocenters. The maximum atomic E-state index is 12.6.